The largest absolute Gasteiger partial charge is 0.352 e. The monoisotopic (exact) mass is 309 g/mol. The predicted molar refractivity (Wildman–Crippen MR) is 82.3 cm³/mol. The van der Waals surface area contributed by atoms with E-state index < -0.39 is 0 Å². The van der Waals surface area contributed by atoms with Gasteiger partial charge in [-0.1, -0.05) is 11.8 Å². The van der Waals surface area contributed by atoms with Crippen molar-refractivity contribution in [1.29, 1.82) is 0 Å². The normalized spacial score (nSPS) is 12.2. The van der Waals surface area contributed by atoms with Gasteiger partial charge in [-0.2, -0.15) is 15.0 Å². The number of nitrogens with zero attached hydrogens (tertiary/aromatic N) is 4. The summed E-state index contributed by atoms with van der Waals surface area (Å²) in [5.74, 6) is 0.525. The van der Waals surface area contributed by atoms with Crippen molar-refractivity contribution in [2.75, 3.05) is 11.6 Å². The molecule has 2 rings (SSSR count). The molecule has 106 valence electrons. The van der Waals surface area contributed by atoms with Gasteiger partial charge in [-0.05, 0) is 55.3 Å². The van der Waals surface area contributed by atoms with Crippen molar-refractivity contribution in [2.24, 2.45) is 0 Å². The first-order valence-electron chi connectivity index (χ1n) is 6.28. The molecule has 0 aliphatic rings. The Kier molecular flexibility index (Phi) is 5.55. The molecule has 2 heterocycles. The van der Waals surface area contributed by atoms with E-state index in [-0.39, 0.29) is 11.3 Å². The average Bonchev–Trinajstić information content (AvgIpc) is 2.45. The molecule has 1 N–H and O–H groups in total. The summed E-state index contributed by atoms with van der Waals surface area (Å²) >= 11 is 7.30. The average molecular weight is 310 g/mol. The summed E-state index contributed by atoms with van der Waals surface area (Å²) in [6, 6.07) is 4.30. The summed E-state index contributed by atoms with van der Waals surface area (Å²) in [6.07, 6.45) is 7.48. The Hall–Kier alpha value is -1.40. The topological polar surface area (TPSA) is 63.6 Å². The minimum atomic E-state index is 0.216. The number of hydrogen-bond donors (Lipinski definition) is 1. The molecule has 0 bridgehead atoms. The Bertz CT molecular complexity index is 552. The quantitative estimate of drug-likeness (QED) is 0.827. The van der Waals surface area contributed by atoms with Crippen LogP contribution in [0, 0.1) is 0 Å². The van der Waals surface area contributed by atoms with Crippen molar-refractivity contribution < 1.29 is 0 Å². The summed E-state index contributed by atoms with van der Waals surface area (Å²) in [4.78, 5) is 16.4. The summed E-state index contributed by atoms with van der Waals surface area (Å²) in [5, 5.41) is 4.09. The van der Waals surface area contributed by atoms with Crippen molar-refractivity contribution in [2.45, 2.75) is 31.0 Å². The van der Waals surface area contributed by atoms with E-state index in [1.807, 2.05) is 30.8 Å². The lowest BCUT2D eigenvalue weighted by molar-refractivity contribution is 0.693. The summed E-state index contributed by atoms with van der Waals surface area (Å²) < 4.78 is 0. The fourth-order valence-corrected chi connectivity index (χ4v) is 2.28. The van der Waals surface area contributed by atoms with Gasteiger partial charge >= 0.3 is 0 Å². The second-order valence-electron chi connectivity index (χ2n) is 4.35. The van der Waals surface area contributed by atoms with Crippen LogP contribution in [0.2, 0.25) is 5.28 Å². The highest BCUT2D eigenvalue weighted by Crippen LogP contribution is 2.15. The van der Waals surface area contributed by atoms with E-state index in [4.69, 9.17) is 11.6 Å². The molecule has 0 saturated carbocycles. The number of nitrogens with one attached hydrogen (secondary N) is 1. The van der Waals surface area contributed by atoms with E-state index in [0.29, 0.717) is 11.1 Å². The highest BCUT2D eigenvalue weighted by molar-refractivity contribution is 7.98. The highest BCUT2D eigenvalue weighted by Gasteiger charge is 2.08. The van der Waals surface area contributed by atoms with Crippen molar-refractivity contribution in [1.82, 2.24) is 19.9 Å². The zero-order valence-corrected chi connectivity index (χ0v) is 12.9. The summed E-state index contributed by atoms with van der Waals surface area (Å²) in [7, 11) is 0. The third-order valence-electron chi connectivity index (χ3n) is 2.76. The number of thioether (sulfide) groups is 1. The first kappa shape index (κ1) is 15.0. The highest BCUT2D eigenvalue weighted by atomic mass is 35.5. The van der Waals surface area contributed by atoms with Crippen LogP contribution in [0.25, 0.3) is 0 Å². The summed E-state index contributed by atoms with van der Waals surface area (Å²) in [6.45, 7) is 2.09. The van der Waals surface area contributed by atoms with Crippen LogP contribution in [0.4, 0.5) is 5.95 Å². The van der Waals surface area contributed by atoms with Crippen LogP contribution in [0.15, 0.2) is 29.7 Å². The van der Waals surface area contributed by atoms with Crippen LogP contribution in [0.5, 0.6) is 0 Å². The molecular weight excluding hydrogens is 294 g/mol. The molecule has 5 nitrogen and oxygen atoms in total. The van der Waals surface area contributed by atoms with Gasteiger partial charge in [-0.3, -0.25) is 4.98 Å². The van der Waals surface area contributed by atoms with Crippen LogP contribution in [0.1, 0.15) is 18.9 Å². The van der Waals surface area contributed by atoms with Gasteiger partial charge in [0.15, 0.2) is 5.16 Å². The molecule has 20 heavy (non-hydrogen) atoms. The lowest BCUT2D eigenvalue weighted by atomic mass is 10.1. The molecule has 7 heteroatoms. The smallest absolute Gasteiger partial charge is 0.228 e. The SMILES string of the molecule is CSc1nc(Cl)nc(NC(C)CCc2ccncc2)n1. The maximum atomic E-state index is 5.86. The Morgan fingerprint density at radius 3 is 2.70 bits per heavy atom. The van der Waals surface area contributed by atoms with E-state index in [1.165, 1.54) is 17.3 Å². The van der Waals surface area contributed by atoms with Gasteiger partial charge < -0.3 is 5.32 Å². The first-order valence-corrected chi connectivity index (χ1v) is 7.88. The number of pyridine rings is 1. The van der Waals surface area contributed by atoms with Crippen LogP contribution < -0.4 is 5.32 Å². The van der Waals surface area contributed by atoms with Gasteiger partial charge in [0.25, 0.3) is 0 Å². The van der Waals surface area contributed by atoms with Gasteiger partial charge in [0.05, 0.1) is 0 Å². The van der Waals surface area contributed by atoms with Crippen molar-refractivity contribution in [3.63, 3.8) is 0 Å². The number of aromatic nitrogens is 4. The van der Waals surface area contributed by atoms with E-state index in [9.17, 15) is 0 Å². The number of halogens is 1. The molecule has 0 radical (unpaired) electrons. The number of rotatable bonds is 6. The molecule has 2 aromatic heterocycles. The lowest BCUT2D eigenvalue weighted by Gasteiger charge is -2.14. The Labute approximate surface area is 127 Å². The predicted octanol–water partition coefficient (Wildman–Crippen LogP) is 3.08. The van der Waals surface area contributed by atoms with E-state index in [2.05, 4.69) is 32.2 Å². The van der Waals surface area contributed by atoms with Crippen LogP contribution in [-0.2, 0) is 6.42 Å². The van der Waals surface area contributed by atoms with Gasteiger partial charge in [0.2, 0.25) is 11.2 Å². The Morgan fingerprint density at radius 2 is 2.00 bits per heavy atom. The number of hydrogen-bond acceptors (Lipinski definition) is 6. The first-order chi connectivity index (χ1) is 9.67. The molecule has 1 atom stereocenters. The van der Waals surface area contributed by atoms with Gasteiger partial charge in [0, 0.05) is 18.4 Å². The Balaban J connectivity index is 1.91. The number of aryl methyl sites for hydroxylation is 1. The van der Waals surface area contributed by atoms with E-state index >= 15 is 0 Å². The molecule has 0 aromatic carbocycles. The van der Waals surface area contributed by atoms with E-state index in [0.717, 1.165) is 12.8 Å². The third kappa shape index (κ3) is 4.61. The van der Waals surface area contributed by atoms with Crippen molar-refractivity contribution in [3.8, 4) is 0 Å². The van der Waals surface area contributed by atoms with Crippen molar-refractivity contribution >= 4 is 29.3 Å². The Morgan fingerprint density at radius 1 is 1.25 bits per heavy atom. The summed E-state index contributed by atoms with van der Waals surface area (Å²) in [5.41, 5.74) is 1.27. The minimum Gasteiger partial charge on any atom is -0.352 e. The van der Waals surface area contributed by atoms with Gasteiger partial charge in [-0.25, -0.2) is 0 Å². The molecule has 0 amide bonds. The second-order valence-corrected chi connectivity index (χ2v) is 5.47. The molecule has 0 aliphatic carbocycles. The maximum absolute atomic E-state index is 5.86. The number of anilines is 1. The molecule has 0 aliphatic heterocycles. The van der Waals surface area contributed by atoms with Crippen LogP contribution in [-0.4, -0.2) is 32.2 Å². The van der Waals surface area contributed by atoms with Crippen molar-refractivity contribution in [3.05, 3.63) is 35.4 Å². The van der Waals surface area contributed by atoms with Crippen LogP contribution >= 0.6 is 23.4 Å². The fraction of sp³-hybridized carbons (Fsp3) is 0.385. The standard InChI is InChI=1S/C13H16ClN5S/c1-9(3-4-10-5-7-15-8-6-10)16-12-17-11(14)18-13(19-12)20-2/h5-9H,3-4H2,1-2H3,(H,16,17,18,19). The third-order valence-corrected chi connectivity index (χ3v) is 3.48. The molecular formula is C13H16ClN5S. The fourth-order valence-electron chi connectivity index (χ4n) is 1.71. The van der Waals surface area contributed by atoms with Crippen LogP contribution in [0.3, 0.4) is 0 Å². The minimum absolute atomic E-state index is 0.216. The molecule has 2 aromatic rings. The lowest BCUT2D eigenvalue weighted by Crippen LogP contribution is -2.18. The zero-order valence-electron chi connectivity index (χ0n) is 11.4. The van der Waals surface area contributed by atoms with E-state index in [1.54, 1.807) is 0 Å². The molecule has 0 fully saturated rings. The zero-order chi connectivity index (χ0) is 14.4. The van der Waals surface area contributed by atoms with Gasteiger partial charge in [0.1, 0.15) is 0 Å². The maximum Gasteiger partial charge on any atom is 0.228 e. The second kappa shape index (κ2) is 7.40. The molecule has 0 saturated heterocycles. The van der Waals surface area contributed by atoms with Gasteiger partial charge in [-0.15, -0.1) is 0 Å². The molecule has 1 unspecified atom stereocenters. The molecule has 0 spiro atoms.